The van der Waals surface area contributed by atoms with Crippen molar-refractivity contribution < 1.29 is 14.3 Å². The predicted octanol–water partition coefficient (Wildman–Crippen LogP) is 2.36. The Morgan fingerprint density at radius 2 is 1.76 bits per heavy atom. The molecule has 0 spiro atoms. The summed E-state index contributed by atoms with van der Waals surface area (Å²) in [5, 5.41) is 2.86. The van der Waals surface area contributed by atoms with Crippen molar-refractivity contribution in [1.29, 1.82) is 0 Å². The summed E-state index contributed by atoms with van der Waals surface area (Å²) in [6.07, 6.45) is 1.59. The Labute approximate surface area is 150 Å². The molecule has 1 aromatic rings. The Bertz CT molecular complexity index is 564. The lowest BCUT2D eigenvalue weighted by molar-refractivity contribution is -0.137. The van der Waals surface area contributed by atoms with E-state index in [-0.39, 0.29) is 24.3 Å². The maximum Gasteiger partial charge on any atom is 0.243 e. The number of morpholine rings is 1. The first kappa shape index (κ1) is 19.2. The molecule has 25 heavy (non-hydrogen) atoms. The van der Waals surface area contributed by atoms with Crippen LogP contribution in [-0.4, -0.2) is 56.6 Å². The van der Waals surface area contributed by atoms with Gasteiger partial charge in [0.15, 0.2) is 0 Å². The van der Waals surface area contributed by atoms with Crippen molar-refractivity contribution in [2.24, 2.45) is 5.92 Å². The second-order valence-corrected chi connectivity index (χ2v) is 6.40. The number of benzene rings is 1. The van der Waals surface area contributed by atoms with Gasteiger partial charge in [0, 0.05) is 37.4 Å². The third kappa shape index (κ3) is 5.46. The zero-order chi connectivity index (χ0) is 18.2. The Balaban J connectivity index is 1.86. The number of anilines is 2. The molecule has 0 atom stereocenters. The molecule has 1 aliphatic heterocycles. The van der Waals surface area contributed by atoms with Crippen LogP contribution in [0.2, 0.25) is 0 Å². The van der Waals surface area contributed by atoms with Gasteiger partial charge >= 0.3 is 0 Å². The minimum Gasteiger partial charge on any atom is -0.378 e. The molecule has 6 heteroatoms. The number of carbonyl (C=O) groups excluding carboxylic acids is 2. The van der Waals surface area contributed by atoms with Gasteiger partial charge in [0.1, 0.15) is 0 Å². The van der Waals surface area contributed by atoms with E-state index in [1.807, 2.05) is 38.1 Å². The van der Waals surface area contributed by atoms with Crippen LogP contribution in [0.25, 0.3) is 0 Å². The molecule has 0 unspecified atom stereocenters. The van der Waals surface area contributed by atoms with Crippen molar-refractivity contribution >= 4 is 23.2 Å². The van der Waals surface area contributed by atoms with Crippen LogP contribution in [0.4, 0.5) is 11.4 Å². The number of hydrogen-bond acceptors (Lipinski definition) is 4. The standard InChI is InChI=1S/C19H29N3O3/c1-4-15(5-2)19(24)21(3)14-18(23)20-16-6-8-17(9-7-16)22-10-12-25-13-11-22/h6-9,15H,4-5,10-14H2,1-3H3,(H,20,23). The molecule has 1 aromatic carbocycles. The molecule has 138 valence electrons. The van der Waals surface area contributed by atoms with Crippen molar-refractivity contribution in [3.05, 3.63) is 24.3 Å². The summed E-state index contributed by atoms with van der Waals surface area (Å²) >= 11 is 0. The second-order valence-electron chi connectivity index (χ2n) is 6.40. The van der Waals surface area contributed by atoms with E-state index >= 15 is 0 Å². The Morgan fingerprint density at radius 3 is 2.32 bits per heavy atom. The minimum absolute atomic E-state index is 0.00870. The molecule has 0 aliphatic carbocycles. The summed E-state index contributed by atoms with van der Waals surface area (Å²) in [7, 11) is 1.68. The third-order valence-corrected chi connectivity index (χ3v) is 4.62. The summed E-state index contributed by atoms with van der Waals surface area (Å²) in [6.45, 7) is 7.32. The maximum absolute atomic E-state index is 12.2. The number of ether oxygens (including phenoxy) is 1. The minimum atomic E-state index is -0.180. The fourth-order valence-corrected chi connectivity index (χ4v) is 3.02. The van der Waals surface area contributed by atoms with Crippen molar-refractivity contribution in [2.45, 2.75) is 26.7 Å². The molecule has 2 amide bonds. The Kier molecular flexibility index (Phi) is 7.25. The fraction of sp³-hybridized carbons (Fsp3) is 0.579. The molecule has 1 heterocycles. The zero-order valence-corrected chi connectivity index (χ0v) is 15.5. The van der Waals surface area contributed by atoms with E-state index in [2.05, 4.69) is 10.2 Å². The molecule has 1 N–H and O–H groups in total. The van der Waals surface area contributed by atoms with Crippen molar-refractivity contribution in [3.8, 4) is 0 Å². The normalized spacial score (nSPS) is 14.5. The molecule has 1 aliphatic rings. The highest BCUT2D eigenvalue weighted by atomic mass is 16.5. The van der Waals surface area contributed by atoms with Crippen LogP contribution >= 0.6 is 0 Å². The summed E-state index contributed by atoms with van der Waals surface area (Å²) in [4.78, 5) is 28.2. The molecular weight excluding hydrogens is 318 g/mol. The van der Waals surface area contributed by atoms with Gasteiger partial charge in [-0.2, -0.15) is 0 Å². The third-order valence-electron chi connectivity index (χ3n) is 4.62. The van der Waals surface area contributed by atoms with Crippen molar-refractivity contribution in [2.75, 3.05) is 50.1 Å². The van der Waals surface area contributed by atoms with E-state index in [0.29, 0.717) is 0 Å². The van der Waals surface area contributed by atoms with Gasteiger partial charge in [-0.15, -0.1) is 0 Å². The largest absolute Gasteiger partial charge is 0.378 e. The molecule has 0 saturated carbocycles. The van der Waals surface area contributed by atoms with Gasteiger partial charge in [0.2, 0.25) is 11.8 Å². The lowest BCUT2D eigenvalue weighted by atomic mass is 10.0. The number of amides is 2. The van der Waals surface area contributed by atoms with Crippen LogP contribution < -0.4 is 10.2 Å². The average Bonchev–Trinajstić information content (AvgIpc) is 2.64. The topological polar surface area (TPSA) is 61.9 Å². The number of nitrogens with one attached hydrogen (secondary N) is 1. The number of nitrogens with zero attached hydrogens (tertiary/aromatic N) is 2. The van der Waals surface area contributed by atoms with Crippen LogP contribution in [0.15, 0.2) is 24.3 Å². The fourth-order valence-electron chi connectivity index (χ4n) is 3.02. The SMILES string of the molecule is CCC(CC)C(=O)N(C)CC(=O)Nc1ccc(N2CCOCC2)cc1. The quantitative estimate of drug-likeness (QED) is 0.822. The zero-order valence-electron chi connectivity index (χ0n) is 15.5. The van der Waals surface area contributed by atoms with Gasteiger partial charge < -0.3 is 19.9 Å². The number of carbonyl (C=O) groups is 2. The van der Waals surface area contributed by atoms with Crippen LogP contribution in [0.1, 0.15) is 26.7 Å². The summed E-state index contributed by atoms with van der Waals surface area (Å²) in [6, 6.07) is 7.79. The first-order valence-electron chi connectivity index (χ1n) is 9.02. The molecule has 6 nitrogen and oxygen atoms in total. The van der Waals surface area contributed by atoms with E-state index < -0.39 is 0 Å². The molecule has 0 aromatic heterocycles. The number of likely N-dealkylation sites (N-methyl/N-ethyl adjacent to an activating group) is 1. The van der Waals surface area contributed by atoms with E-state index in [9.17, 15) is 9.59 Å². The van der Waals surface area contributed by atoms with E-state index in [1.54, 1.807) is 7.05 Å². The predicted molar refractivity (Wildman–Crippen MR) is 99.8 cm³/mol. The highest BCUT2D eigenvalue weighted by molar-refractivity contribution is 5.94. The average molecular weight is 347 g/mol. The lowest BCUT2D eigenvalue weighted by Crippen LogP contribution is -2.38. The molecular formula is C19H29N3O3. The highest BCUT2D eigenvalue weighted by Crippen LogP contribution is 2.19. The molecule has 2 rings (SSSR count). The maximum atomic E-state index is 12.2. The second kappa shape index (κ2) is 9.42. The summed E-state index contributed by atoms with van der Waals surface area (Å²) in [5.41, 5.74) is 1.87. The van der Waals surface area contributed by atoms with Gasteiger partial charge in [-0.25, -0.2) is 0 Å². The lowest BCUT2D eigenvalue weighted by Gasteiger charge is -2.29. The van der Waals surface area contributed by atoms with E-state index in [1.165, 1.54) is 4.90 Å². The monoisotopic (exact) mass is 347 g/mol. The Morgan fingerprint density at radius 1 is 1.16 bits per heavy atom. The van der Waals surface area contributed by atoms with Gasteiger partial charge in [-0.05, 0) is 37.1 Å². The van der Waals surface area contributed by atoms with Crippen LogP contribution in [-0.2, 0) is 14.3 Å². The highest BCUT2D eigenvalue weighted by Gasteiger charge is 2.20. The first-order valence-corrected chi connectivity index (χ1v) is 9.02. The summed E-state index contributed by atoms with van der Waals surface area (Å²) < 4.78 is 5.36. The molecule has 0 radical (unpaired) electrons. The first-order chi connectivity index (χ1) is 12.0. The van der Waals surface area contributed by atoms with Gasteiger partial charge in [-0.1, -0.05) is 13.8 Å². The Hall–Kier alpha value is -2.08. The van der Waals surface area contributed by atoms with Crippen LogP contribution in [0, 0.1) is 5.92 Å². The number of hydrogen-bond donors (Lipinski definition) is 1. The van der Waals surface area contributed by atoms with E-state index in [4.69, 9.17) is 4.74 Å². The van der Waals surface area contributed by atoms with Crippen LogP contribution in [0.5, 0.6) is 0 Å². The smallest absolute Gasteiger partial charge is 0.243 e. The number of rotatable bonds is 7. The summed E-state index contributed by atoms with van der Waals surface area (Å²) in [5.74, 6) is -0.158. The van der Waals surface area contributed by atoms with E-state index in [0.717, 1.165) is 50.5 Å². The van der Waals surface area contributed by atoms with Gasteiger partial charge in [-0.3, -0.25) is 9.59 Å². The van der Waals surface area contributed by atoms with Gasteiger partial charge in [0.25, 0.3) is 0 Å². The molecule has 0 bridgehead atoms. The van der Waals surface area contributed by atoms with Crippen molar-refractivity contribution in [1.82, 2.24) is 4.90 Å². The van der Waals surface area contributed by atoms with Gasteiger partial charge in [0.05, 0.1) is 19.8 Å². The molecule has 1 saturated heterocycles. The van der Waals surface area contributed by atoms with Crippen molar-refractivity contribution in [3.63, 3.8) is 0 Å². The molecule has 1 fully saturated rings. The van der Waals surface area contributed by atoms with Crippen LogP contribution in [0.3, 0.4) is 0 Å².